The summed E-state index contributed by atoms with van der Waals surface area (Å²) in [6.07, 6.45) is 0. The van der Waals surface area contributed by atoms with Gasteiger partial charge in [0.2, 0.25) is 5.91 Å². The second kappa shape index (κ2) is 8.60. The fourth-order valence-electron chi connectivity index (χ4n) is 2.40. The van der Waals surface area contributed by atoms with Crippen LogP contribution >= 0.6 is 11.6 Å². The maximum atomic E-state index is 12.4. The third kappa shape index (κ3) is 5.55. The highest BCUT2D eigenvalue weighted by Gasteiger charge is 2.18. The van der Waals surface area contributed by atoms with Crippen molar-refractivity contribution in [2.75, 3.05) is 11.9 Å². The highest BCUT2D eigenvalue weighted by Crippen LogP contribution is 2.23. The number of carbonyl (C=O) groups excluding carboxylic acids is 1. The lowest BCUT2D eigenvalue weighted by molar-refractivity contribution is -0.383. The van der Waals surface area contributed by atoms with Gasteiger partial charge in [-0.3, -0.25) is 19.8 Å². The van der Waals surface area contributed by atoms with Crippen molar-refractivity contribution >= 4 is 28.9 Å². The van der Waals surface area contributed by atoms with E-state index in [9.17, 15) is 14.9 Å². The summed E-state index contributed by atoms with van der Waals surface area (Å²) in [5.74, 6) is -0.301. The van der Waals surface area contributed by atoms with Crippen molar-refractivity contribution in [2.24, 2.45) is 0 Å². The zero-order valence-electron chi connectivity index (χ0n) is 14.1. The molecule has 0 radical (unpaired) electrons. The molecule has 0 aliphatic heterocycles. The molecular weight excluding hydrogens is 342 g/mol. The second-order valence-electron chi connectivity index (χ2n) is 5.95. The normalized spacial score (nSPS) is 10.9. The van der Waals surface area contributed by atoms with Gasteiger partial charge in [0.15, 0.2) is 0 Å². The number of nitro groups is 1. The van der Waals surface area contributed by atoms with Gasteiger partial charge in [-0.1, -0.05) is 35.9 Å². The van der Waals surface area contributed by atoms with Gasteiger partial charge in [0, 0.05) is 23.7 Å². The Kier molecular flexibility index (Phi) is 6.50. The van der Waals surface area contributed by atoms with Gasteiger partial charge in [0.05, 0.1) is 11.5 Å². The maximum absolute atomic E-state index is 12.4. The molecule has 132 valence electrons. The number of nitro benzene ring substituents is 1. The summed E-state index contributed by atoms with van der Waals surface area (Å²) in [7, 11) is 0. The number of halogens is 1. The smallest absolute Gasteiger partial charge is 0.292 e. The van der Waals surface area contributed by atoms with Crippen LogP contribution in [0.3, 0.4) is 0 Å². The minimum absolute atomic E-state index is 0.121. The van der Waals surface area contributed by atoms with Crippen molar-refractivity contribution in [3.63, 3.8) is 0 Å². The Morgan fingerprint density at radius 1 is 1.24 bits per heavy atom. The third-order valence-corrected chi connectivity index (χ3v) is 3.96. The lowest BCUT2D eigenvalue weighted by Crippen LogP contribution is -2.37. The molecule has 2 aromatic rings. The molecule has 6 nitrogen and oxygen atoms in total. The summed E-state index contributed by atoms with van der Waals surface area (Å²) < 4.78 is 0. The van der Waals surface area contributed by atoms with Crippen molar-refractivity contribution < 1.29 is 9.72 Å². The Bertz CT molecular complexity index is 765. The van der Waals surface area contributed by atoms with Gasteiger partial charge in [0.25, 0.3) is 5.69 Å². The number of nitrogens with one attached hydrogen (secondary N) is 1. The molecule has 0 bridgehead atoms. The number of para-hydroxylation sites is 2. The minimum atomic E-state index is -0.512. The first-order chi connectivity index (χ1) is 11.9. The molecule has 0 atom stereocenters. The van der Waals surface area contributed by atoms with Crippen LogP contribution in [-0.2, 0) is 11.3 Å². The van der Waals surface area contributed by atoms with Gasteiger partial charge < -0.3 is 5.32 Å². The van der Waals surface area contributed by atoms with Gasteiger partial charge in [-0.2, -0.15) is 0 Å². The van der Waals surface area contributed by atoms with Gasteiger partial charge in [-0.25, -0.2) is 0 Å². The van der Waals surface area contributed by atoms with Crippen LogP contribution in [0.25, 0.3) is 0 Å². The molecule has 1 N–H and O–H groups in total. The summed E-state index contributed by atoms with van der Waals surface area (Å²) >= 11 is 6.01. The molecule has 25 heavy (non-hydrogen) atoms. The lowest BCUT2D eigenvalue weighted by Gasteiger charge is -2.26. The molecule has 0 spiro atoms. The van der Waals surface area contributed by atoms with Crippen LogP contribution in [-0.4, -0.2) is 28.3 Å². The average Bonchev–Trinajstić information content (AvgIpc) is 2.54. The number of nitrogens with zero attached hydrogens (tertiary/aromatic N) is 2. The molecule has 2 aromatic carbocycles. The second-order valence-corrected chi connectivity index (χ2v) is 6.39. The Balaban J connectivity index is 2.07. The Morgan fingerprint density at radius 3 is 2.60 bits per heavy atom. The molecule has 7 heteroatoms. The summed E-state index contributed by atoms with van der Waals surface area (Å²) in [5, 5.41) is 14.3. The molecule has 2 rings (SSSR count). The number of hydrogen-bond donors (Lipinski definition) is 1. The van der Waals surface area contributed by atoms with Crippen molar-refractivity contribution in [2.45, 2.75) is 26.4 Å². The lowest BCUT2D eigenvalue weighted by atomic mass is 10.2. The predicted octanol–water partition coefficient (Wildman–Crippen LogP) is 4.10. The van der Waals surface area contributed by atoms with Crippen molar-refractivity contribution in [3.8, 4) is 0 Å². The van der Waals surface area contributed by atoms with Crippen LogP contribution in [0.4, 0.5) is 11.4 Å². The van der Waals surface area contributed by atoms with Gasteiger partial charge in [-0.05, 0) is 37.6 Å². The fourth-order valence-corrected chi connectivity index (χ4v) is 2.62. The van der Waals surface area contributed by atoms with Crippen molar-refractivity contribution in [1.29, 1.82) is 0 Å². The zero-order valence-corrected chi connectivity index (χ0v) is 14.9. The molecule has 1 amide bonds. The zero-order chi connectivity index (χ0) is 18.4. The molecule has 0 fully saturated rings. The first-order valence-electron chi connectivity index (χ1n) is 7.88. The molecular formula is C18H20ClN3O3. The van der Waals surface area contributed by atoms with E-state index in [1.165, 1.54) is 12.1 Å². The fraction of sp³-hybridized carbons (Fsp3) is 0.278. The van der Waals surface area contributed by atoms with E-state index in [1.54, 1.807) is 18.2 Å². The molecule has 0 saturated carbocycles. The number of hydrogen-bond acceptors (Lipinski definition) is 4. The van der Waals surface area contributed by atoms with E-state index in [4.69, 9.17) is 11.6 Å². The summed E-state index contributed by atoms with van der Waals surface area (Å²) in [6.45, 7) is 4.66. The standard InChI is InChI=1S/C18H20ClN3O3/c1-13(2)21(11-14-6-5-7-15(19)10-14)12-18(23)20-16-8-3-4-9-17(16)22(24)25/h3-10,13H,11-12H2,1-2H3,(H,20,23). The number of benzene rings is 2. The van der Waals surface area contributed by atoms with Crippen LogP contribution in [0.1, 0.15) is 19.4 Å². The highest BCUT2D eigenvalue weighted by molar-refractivity contribution is 6.30. The molecule has 0 aliphatic carbocycles. The molecule has 0 aromatic heterocycles. The largest absolute Gasteiger partial charge is 0.319 e. The number of carbonyl (C=O) groups is 1. The van der Waals surface area contributed by atoms with Gasteiger partial charge in [0.1, 0.15) is 5.69 Å². The molecule has 0 unspecified atom stereocenters. The van der Waals surface area contributed by atoms with E-state index in [0.29, 0.717) is 11.6 Å². The van der Waals surface area contributed by atoms with Gasteiger partial charge >= 0.3 is 0 Å². The van der Waals surface area contributed by atoms with Crippen molar-refractivity contribution in [1.82, 2.24) is 4.90 Å². The topological polar surface area (TPSA) is 75.5 Å². The van der Waals surface area contributed by atoms with E-state index in [1.807, 2.05) is 36.9 Å². The number of amides is 1. The Labute approximate surface area is 151 Å². The summed E-state index contributed by atoms with van der Waals surface area (Å²) in [5.41, 5.74) is 1.07. The van der Waals surface area contributed by atoms with Crippen LogP contribution in [0.5, 0.6) is 0 Å². The van der Waals surface area contributed by atoms with Crippen molar-refractivity contribution in [3.05, 3.63) is 69.2 Å². The average molecular weight is 362 g/mol. The molecule has 0 saturated heterocycles. The number of anilines is 1. The number of rotatable bonds is 7. The minimum Gasteiger partial charge on any atom is -0.319 e. The van der Waals surface area contributed by atoms with Gasteiger partial charge in [-0.15, -0.1) is 0 Å². The Morgan fingerprint density at radius 2 is 1.96 bits per heavy atom. The van der Waals surface area contributed by atoms with Crippen LogP contribution in [0, 0.1) is 10.1 Å². The summed E-state index contributed by atoms with van der Waals surface area (Å²) in [4.78, 5) is 24.9. The van der Waals surface area contributed by atoms with E-state index < -0.39 is 4.92 Å². The Hall–Kier alpha value is -2.44. The van der Waals surface area contributed by atoms with E-state index in [2.05, 4.69) is 5.32 Å². The van der Waals surface area contributed by atoms with E-state index in [-0.39, 0.29) is 29.9 Å². The highest BCUT2D eigenvalue weighted by atomic mass is 35.5. The van der Waals surface area contributed by atoms with Crippen LogP contribution in [0.15, 0.2) is 48.5 Å². The maximum Gasteiger partial charge on any atom is 0.292 e. The predicted molar refractivity (Wildman–Crippen MR) is 98.7 cm³/mol. The van der Waals surface area contributed by atoms with Crippen LogP contribution in [0.2, 0.25) is 5.02 Å². The molecule has 0 aliphatic rings. The SMILES string of the molecule is CC(C)N(CC(=O)Nc1ccccc1[N+](=O)[O-])Cc1cccc(Cl)c1. The van der Waals surface area contributed by atoms with Crippen LogP contribution < -0.4 is 5.32 Å². The van der Waals surface area contributed by atoms with E-state index >= 15 is 0 Å². The molecule has 0 heterocycles. The first-order valence-corrected chi connectivity index (χ1v) is 8.26. The van der Waals surface area contributed by atoms with E-state index in [0.717, 1.165) is 5.56 Å². The summed E-state index contributed by atoms with van der Waals surface area (Å²) in [6, 6.07) is 13.7. The monoisotopic (exact) mass is 361 g/mol. The quantitative estimate of drug-likeness (QED) is 0.595. The third-order valence-electron chi connectivity index (χ3n) is 3.73. The first kappa shape index (κ1) is 18.9.